The molecule has 0 heterocycles. The van der Waals surface area contributed by atoms with E-state index in [1.54, 1.807) is 6.07 Å². The van der Waals surface area contributed by atoms with E-state index in [-0.39, 0.29) is 5.82 Å². The molecular formula is C10H11FO. The first-order valence-electron chi connectivity index (χ1n) is 4.16. The van der Waals surface area contributed by atoms with Crippen LogP contribution in [-0.2, 0) is 0 Å². The predicted octanol–water partition coefficient (Wildman–Crippen LogP) is 2.37. The summed E-state index contributed by atoms with van der Waals surface area (Å²) in [6.45, 7) is 2.05. The number of hydrogen-bond donors (Lipinski definition) is 1. The second-order valence-corrected chi connectivity index (χ2v) is 3.43. The number of fused-ring (bicyclic) bond motifs is 1. The third-order valence-electron chi connectivity index (χ3n) is 2.52. The topological polar surface area (TPSA) is 20.2 Å². The Morgan fingerprint density at radius 3 is 2.92 bits per heavy atom. The molecule has 2 heteroatoms. The molecule has 0 fully saturated rings. The summed E-state index contributed by atoms with van der Waals surface area (Å²) in [4.78, 5) is 0. The van der Waals surface area contributed by atoms with Crippen LogP contribution in [0.1, 0.15) is 36.5 Å². The standard InChI is InChI=1S/C10H11FO/c1-6-4-10(12)9-5-7(11)2-3-8(6)9/h2-3,5-6,10,12H,4H2,1H3. The normalized spacial score (nSPS) is 27.2. The van der Waals surface area contributed by atoms with Crippen molar-refractivity contribution in [1.82, 2.24) is 0 Å². The minimum atomic E-state index is -0.467. The monoisotopic (exact) mass is 166 g/mol. The lowest BCUT2D eigenvalue weighted by Crippen LogP contribution is -1.90. The molecule has 1 aliphatic carbocycles. The zero-order chi connectivity index (χ0) is 8.72. The highest BCUT2D eigenvalue weighted by Crippen LogP contribution is 2.39. The van der Waals surface area contributed by atoms with Crippen molar-refractivity contribution in [2.24, 2.45) is 0 Å². The van der Waals surface area contributed by atoms with Crippen LogP contribution in [0, 0.1) is 5.82 Å². The largest absolute Gasteiger partial charge is 0.388 e. The number of benzene rings is 1. The van der Waals surface area contributed by atoms with Crippen molar-refractivity contribution in [3.63, 3.8) is 0 Å². The van der Waals surface area contributed by atoms with Gasteiger partial charge in [-0.1, -0.05) is 13.0 Å². The summed E-state index contributed by atoms with van der Waals surface area (Å²) in [6, 6.07) is 4.66. The van der Waals surface area contributed by atoms with Crippen molar-refractivity contribution in [1.29, 1.82) is 0 Å². The molecule has 12 heavy (non-hydrogen) atoms. The van der Waals surface area contributed by atoms with Gasteiger partial charge < -0.3 is 5.11 Å². The maximum atomic E-state index is 12.8. The average molecular weight is 166 g/mol. The molecule has 1 aliphatic rings. The number of aliphatic hydroxyl groups is 1. The summed E-state index contributed by atoms with van der Waals surface area (Å²) < 4.78 is 12.8. The number of rotatable bonds is 0. The van der Waals surface area contributed by atoms with Gasteiger partial charge in [0.15, 0.2) is 0 Å². The van der Waals surface area contributed by atoms with Crippen LogP contribution < -0.4 is 0 Å². The molecule has 1 aromatic carbocycles. The van der Waals surface area contributed by atoms with E-state index in [1.165, 1.54) is 12.1 Å². The molecule has 0 bridgehead atoms. The summed E-state index contributed by atoms with van der Waals surface area (Å²) in [7, 11) is 0. The molecular weight excluding hydrogens is 155 g/mol. The minimum absolute atomic E-state index is 0.262. The van der Waals surface area contributed by atoms with E-state index in [1.807, 2.05) is 6.92 Å². The van der Waals surface area contributed by atoms with Crippen molar-refractivity contribution in [3.8, 4) is 0 Å². The average Bonchev–Trinajstić information content (AvgIpc) is 2.28. The summed E-state index contributed by atoms with van der Waals surface area (Å²) in [6.07, 6.45) is 0.254. The summed E-state index contributed by atoms with van der Waals surface area (Å²) in [5, 5.41) is 9.51. The number of halogens is 1. The van der Waals surface area contributed by atoms with E-state index in [2.05, 4.69) is 0 Å². The van der Waals surface area contributed by atoms with Crippen LogP contribution in [-0.4, -0.2) is 5.11 Å². The van der Waals surface area contributed by atoms with Crippen LogP contribution >= 0.6 is 0 Å². The molecule has 64 valence electrons. The Kier molecular flexibility index (Phi) is 1.65. The van der Waals surface area contributed by atoms with Crippen molar-refractivity contribution in [2.75, 3.05) is 0 Å². The molecule has 1 aromatic rings. The van der Waals surface area contributed by atoms with Crippen LogP contribution in [0.5, 0.6) is 0 Å². The zero-order valence-electron chi connectivity index (χ0n) is 6.92. The summed E-state index contributed by atoms with van der Waals surface area (Å²) in [5.41, 5.74) is 1.85. The molecule has 0 saturated heterocycles. The van der Waals surface area contributed by atoms with Crippen LogP contribution in [0.2, 0.25) is 0 Å². The summed E-state index contributed by atoms with van der Waals surface area (Å²) in [5.74, 6) is 0.0949. The molecule has 0 radical (unpaired) electrons. The van der Waals surface area contributed by atoms with Crippen LogP contribution in [0.15, 0.2) is 18.2 Å². The van der Waals surface area contributed by atoms with Gasteiger partial charge >= 0.3 is 0 Å². The van der Waals surface area contributed by atoms with Crippen molar-refractivity contribution < 1.29 is 9.50 Å². The van der Waals surface area contributed by atoms with Gasteiger partial charge in [0.2, 0.25) is 0 Å². The van der Waals surface area contributed by atoms with Gasteiger partial charge in [0.25, 0.3) is 0 Å². The van der Waals surface area contributed by atoms with Crippen molar-refractivity contribution in [2.45, 2.75) is 25.4 Å². The highest BCUT2D eigenvalue weighted by Gasteiger charge is 2.26. The van der Waals surface area contributed by atoms with Gasteiger partial charge in [-0.05, 0) is 35.6 Å². The van der Waals surface area contributed by atoms with E-state index >= 15 is 0 Å². The second-order valence-electron chi connectivity index (χ2n) is 3.43. The van der Waals surface area contributed by atoms with Crippen LogP contribution in [0.25, 0.3) is 0 Å². The van der Waals surface area contributed by atoms with Gasteiger partial charge in [0, 0.05) is 0 Å². The molecule has 2 atom stereocenters. The van der Waals surface area contributed by atoms with Gasteiger partial charge in [-0.2, -0.15) is 0 Å². The van der Waals surface area contributed by atoms with E-state index in [9.17, 15) is 9.50 Å². The van der Waals surface area contributed by atoms with Gasteiger partial charge in [0.1, 0.15) is 5.82 Å². The molecule has 0 amide bonds. The predicted molar refractivity (Wildman–Crippen MR) is 44.4 cm³/mol. The first-order chi connectivity index (χ1) is 5.68. The molecule has 0 saturated carbocycles. The molecule has 0 aliphatic heterocycles. The summed E-state index contributed by atoms with van der Waals surface area (Å²) >= 11 is 0. The van der Waals surface area contributed by atoms with Crippen molar-refractivity contribution >= 4 is 0 Å². The van der Waals surface area contributed by atoms with E-state index in [4.69, 9.17) is 0 Å². The van der Waals surface area contributed by atoms with E-state index in [0.717, 1.165) is 17.5 Å². The first-order valence-corrected chi connectivity index (χ1v) is 4.16. The van der Waals surface area contributed by atoms with E-state index < -0.39 is 6.10 Å². The van der Waals surface area contributed by atoms with Crippen molar-refractivity contribution in [3.05, 3.63) is 35.1 Å². The Bertz CT molecular complexity index is 309. The lowest BCUT2D eigenvalue weighted by atomic mass is 10.0. The van der Waals surface area contributed by atoms with E-state index in [0.29, 0.717) is 5.92 Å². The number of hydrogen-bond acceptors (Lipinski definition) is 1. The lowest BCUT2D eigenvalue weighted by Gasteiger charge is -2.02. The third kappa shape index (κ3) is 1.03. The highest BCUT2D eigenvalue weighted by atomic mass is 19.1. The highest BCUT2D eigenvalue weighted by molar-refractivity contribution is 5.36. The lowest BCUT2D eigenvalue weighted by molar-refractivity contribution is 0.174. The van der Waals surface area contributed by atoms with Crippen LogP contribution in [0.4, 0.5) is 4.39 Å². The fraction of sp³-hybridized carbons (Fsp3) is 0.400. The third-order valence-corrected chi connectivity index (χ3v) is 2.52. The fourth-order valence-corrected chi connectivity index (χ4v) is 1.87. The number of aliphatic hydroxyl groups excluding tert-OH is 1. The maximum absolute atomic E-state index is 12.8. The molecule has 2 rings (SSSR count). The van der Waals surface area contributed by atoms with Gasteiger partial charge in [-0.25, -0.2) is 4.39 Å². The van der Waals surface area contributed by atoms with Gasteiger partial charge in [-0.15, -0.1) is 0 Å². The molecule has 1 N–H and O–H groups in total. The zero-order valence-corrected chi connectivity index (χ0v) is 6.92. The second kappa shape index (κ2) is 2.56. The van der Waals surface area contributed by atoms with Gasteiger partial charge in [0.05, 0.1) is 6.10 Å². The molecule has 1 nitrogen and oxygen atoms in total. The fourth-order valence-electron chi connectivity index (χ4n) is 1.87. The Morgan fingerprint density at radius 1 is 1.42 bits per heavy atom. The Balaban J connectivity index is 2.53. The Labute approximate surface area is 70.8 Å². The maximum Gasteiger partial charge on any atom is 0.123 e. The minimum Gasteiger partial charge on any atom is -0.388 e. The molecule has 2 unspecified atom stereocenters. The first kappa shape index (κ1) is 7.74. The quantitative estimate of drug-likeness (QED) is 0.627. The smallest absolute Gasteiger partial charge is 0.123 e. The van der Waals surface area contributed by atoms with Crippen LogP contribution in [0.3, 0.4) is 0 Å². The Morgan fingerprint density at radius 2 is 2.17 bits per heavy atom. The molecule has 0 spiro atoms. The molecule has 0 aromatic heterocycles. The van der Waals surface area contributed by atoms with Gasteiger partial charge in [-0.3, -0.25) is 0 Å². The SMILES string of the molecule is CC1CC(O)c2cc(F)ccc21. The Hall–Kier alpha value is -0.890.